The summed E-state index contributed by atoms with van der Waals surface area (Å²) in [5.74, 6) is 0.0739. The monoisotopic (exact) mass is 331 g/mol. The number of benzene rings is 2. The van der Waals surface area contributed by atoms with Gasteiger partial charge in [0.1, 0.15) is 0 Å². The Labute approximate surface area is 140 Å². The number of thioether (sulfide) groups is 1. The van der Waals surface area contributed by atoms with Crippen molar-refractivity contribution >= 4 is 34.4 Å². The van der Waals surface area contributed by atoms with Crippen molar-refractivity contribution in [3.63, 3.8) is 0 Å². The minimum Gasteiger partial charge on any atom is -0.465 e. The Bertz CT molecular complexity index is 682. The zero-order valence-electron chi connectivity index (χ0n) is 13.4. The third-order valence-electron chi connectivity index (χ3n) is 3.43. The Hall–Kier alpha value is -2.01. The number of nitrogens with one attached hydrogen (secondary N) is 1. The SMILES string of the molecule is CCOC(=O)CSCC(=O)NC(C)c1cccc2ccccc12. The van der Waals surface area contributed by atoms with E-state index in [1.165, 1.54) is 11.8 Å². The van der Waals surface area contributed by atoms with Gasteiger partial charge in [0.25, 0.3) is 0 Å². The molecule has 0 aliphatic carbocycles. The number of hydrogen-bond donors (Lipinski definition) is 1. The number of fused-ring (bicyclic) bond motifs is 1. The van der Waals surface area contributed by atoms with E-state index in [1.807, 2.05) is 31.2 Å². The number of ether oxygens (including phenoxy) is 1. The van der Waals surface area contributed by atoms with Crippen LogP contribution in [0.3, 0.4) is 0 Å². The van der Waals surface area contributed by atoms with Gasteiger partial charge in [0, 0.05) is 0 Å². The van der Waals surface area contributed by atoms with Gasteiger partial charge < -0.3 is 10.1 Å². The molecule has 1 unspecified atom stereocenters. The average Bonchev–Trinajstić information content (AvgIpc) is 2.54. The molecule has 2 aromatic carbocycles. The van der Waals surface area contributed by atoms with Crippen molar-refractivity contribution in [2.75, 3.05) is 18.1 Å². The number of esters is 1. The molecule has 0 radical (unpaired) electrons. The maximum atomic E-state index is 12.0. The summed E-state index contributed by atoms with van der Waals surface area (Å²) in [4.78, 5) is 23.3. The van der Waals surface area contributed by atoms with E-state index in [4.69, 9.17) is 4.74 Å². The first-order valence-corrected chi connectivity index (χ1v) is 8.77. The minimum atomic E-state index is -0.285. The van der Waals surface area contributed by atoms with Crippen LogP contribution in [0, 0.1) is 0 Å². The number of carbonyl (C=O) groups is 2. The Kier molecular flexibility index (Phi) is 6.47. The number of rotatable bonds is 7. The van der Waals surface area contributed by atoms with Gasteiger partial charge in [-0.2, -0.15) is 0 Å². The third-order valence-corrected chi connectivity index (χ3v) is 4.33. The molecule has 0 heterocycles. The summed E-state index contributed by atoms with van der Waals surface area (Å²) in [5, 5.41) is 5.28. The van der Waals surface area contributed by atoms with Crippen molar-refractivity contribution in [3.8, 4) is 0 Å². The molecule has 122 valence electrons. The lowest BCUT2D eigenvalue weighted by Gasteiger charge is -2.16. The van der Waals surface area contributed by atoms with Crippen molar-refractivity contribution < 1.29 is 14.3 Å². The lowest BCUT2D eigenvalue weighted by atomic mass is 10.00. The van der Waals surface area contributed by atoms with Crippen molar-refractivity contribution in [1.29, 1.82) is 0 Å². The summed E-state index contributed by atoms with van der Waals surface area (Å²) in [7, 11) is 0. The van der Waals surface area contributed by atoms with Crippen LogP contribution in [0.15, 0.2) is 42.5 Å². The fourth-order valence-corrected chi connectivity index (χ4v) is 3.04. The molecule has 0 bridgehead atoms. The second-order valence-electron chi connectivity index (χ2n) is 5.16. The van der Waals surface area contributed by atoms with E-state index < -0.39 is 0 Å². The predicted molar refractivity (Wildman–Crippen MR) is 94.5 cm³/mol. The third kappa shape index (κ3) is 4.99. The second kappa shape index (κ2) is 8.58. The standard InChI is InChI=1S/C18H21NO3S/c1-3-22-18(21)12-23-11-17(20)19-13(2)15-10-6-8-14-7-4-5-9-16(14)15/h4-10,13H,3,11-12H2,1-2H3,(H,19,20). The molecular weight excluding hydrogens is 310 g/mol. The molecule has 0 aromatic heterocycles. The summed E-state index contributed by atoms with van der Waals surface area (Å²) in [6.45, 7) is 4.10. The average molecular weight is 331 g/mol. The second-order valence-corrected chi connectivity index (χ2v) is 6.14. The maximum absolute atomic E-state index is 12.0. The van der Waals surface area contributed by atoms with Gasteiger partial charge in [-0.25, -0.2) is 0 Å². The van der Waals surface area contributed by atoms with Crippen molar-refractivity contribution in [2.45, 2.75) is 19.9 Å². The molecule has 0 saturated carbocycles. The molecule has 4 nitrogen and oxygen atoms in total. The van der Waals surface area contributed by atoms with Gasteiger partial charge >= 0.3 is 5.97 Å². The normalized spacial score (nSPS) is 11.9. The molecule has 23 heavy (non-hydrogen) atoms. The Morgan fingerprint density at radius 3 is 2.65 bits per heavy atom. The van der Waals surface area contributed by atoms with Gasteiger partial charge in [-0.15, -0.1) is 11.8 Å². The van der Waals surface area contributed by atoms with E-state index in [0.29, 0.717) is 6.61 Å². The maximum Gasteiger partial charge on any atom is 0.315 e. The molecule has 0 aliphatic rings. The van der Waals surface area contributed by atoms with Crippen LogP contribution in [0.2, 0.25) is 0 Å². The van der Waals surface area contributed by atoms with Gasteiger partial charge in [-0.05, 0) is 30.2 Å². The van der Waals surface area contributed by atoms with Gasteiger partial charge in [0.15, 0.2) is 0 Å². The van der Waals surface area contributed by atoms with Crippen LogP contribution in [-0.2, 0) is 14.3 Å². The first-order valence-electron chi connectivity index (χ1n) is 7.62. The zero-order chi connectivity index (χ0) is 16.7. The topological polar surface area (TPSA) is 55.4 Å². The van der Waals surface area contributed by atoms with Crippen molar-refractivity contribution in [3.05, 3.63) is 48.0 Å². The molecule has 0 fully saturated rings. The first kappa shape index (κ1) is 17.3. The summed E-state index contributed by atoms with van der Waals surface area (Å²) in [5.41, 5.74) is 1.09. The molecule has 5 heteroatoms. The van der Waals surface area contributed by atoms with Crippen LogP contribution < -0.4 is 5.32 Å². The minimum absolute atomic E-state index is 0.0836. The van der Waals surface area contributed by atoms with E-state index >= 15 is 0 Å². The van der Waals surface area contributed by atoms with E-state index in [9.17, 15) is 9.59 Å². The molecule has 1 amide bonds. The highest BCUT2D eigenvalue weighted by atomic mass is 32.2. The summed E-state index contributed by atoms with van der Waals surface area (Å²) in [6.07, 6.45) is 0. The molecule has 0 aliphatic heterocycles. The molecule has 0 spiro atoms. The van der Waals surface area contributed by atoms with E-state index in [1.54, 1.807) is 6.92 Å². The van der Waals surface area contributed by atoms with E-state index in [2.05, 4.69) is 23.5 Å². The summed E-state index contributed by atoms with van der Waals surface area (Å²) in [6, 6.07) is 14.1. The fourth-order valence-electron chi connectivity index (χ4n) is 2.42. The highest BCUT2D eigenvalue weighted by molar-refractivity contribution is 8.00. The molecule has 1 atom stereocenters. The van der Waals surface area contributed by atoms with Crippen LogP contribution in [0.1, 0.15) is 25.5 Å². The Morgan fingerprint density at radius 2 is 1.87 bits per heavy atom. The number of amides is 1. The molecular formula is C18H21NO3S. The van der Waals surface area contributed by atoms with Crippen molar-refractivity contribution in [2.24, 2.45) is 0 Å². The summed E-state index contributed by atoms with van der Waals surface area (Å²) >= 11 is 1.26. The van der Waals surface area contributed by atoms with Gasteiger partial charge in [0.05, 0.1) is 24.2 Å². The Morgan fingerprint density at radius 1 is 1.13 bits per heavy atom. The van der Waals surface area contributed by atoms with Crippen molar-refractivity contribution in [1.82, 2.24) is 5.32 Å². The van der Waals surface area contributed by atoms with Crippen LogP contribution in [0.5, 0.6) is 0 Å². The van der Waals surface area contributed by atoms with Gasteiger partial charge in [-0.3, -0.25) is 9.59 Å². The first-order chi connectivity index (χ1) is 11.1. The van der Waals surface area contributed by atoms with E-state index in [0.717, 1.165) is 16.3 Å². The predicted octanol–water partition coefficient (Wildman–Crippen LogP) is 3.31. The highest BCUT2D eigenvalue weighted by Crippen LogP contribution is 2.24. The molecule has 2 rings (SSSR count). The lowest BCUT2D eigenvalue weighted by Crippen LogP contribution is -2.28. The molecule has 1 N–H and O–H groups in total. The number of hydrogen-bond acceptors (Lipinski definition) is 4. The molecule has 0 saturated heterocycles. The fraction of sp³-hybridized carbons (Fsp3) is 0.333. The summed E-state index contributed by atoms with van der Waals surface area (Å²) < 4.78 is 4.83. The quantitative estimate of drug-likeness (QED) is 0.791. The lowest BCUT2D eigenvalue weighted by molar-refractivity contribution is -0.139. The zero-order valence-corrected chi connectivity index (χ0v) is 14.2. The van der Waals surface area contributed by atoms with Gasteiger partial charge in [0.2, 0.25) is 5.91 Å². The van der Waals surface area contributed by atoms with Crippen LogP contribution in [0.4, 0.5) is 0 Å². The largest absolute Gasteiger partial charge is 0.465 e. The number of carbonyl (C=O) groups excluding carboxylic acids is 2. The highest BCUT2D eigenvalue weighted by Gasteiger charge is 2.13. The van der Waals surface area contributed by atoms with E-state index in [-0.39, 0.29) is 29.4 Å². The smallest absolute Gasteiger partial charge is 0.315 e. The van der Waals surface area contributed by atoms with Gasteiger partial charge in [-0.1, -0.05) is 42.5 Å². The van der Waals surface area contributed by atoms with Crippen LogP contribution in [-0.4, -0.2) is 30.0 Å². The van der Waals surface area contributed by atoms with Crippen LogP contribution in [0.25, 0.3) is 10.8 Å². The molecule has 2 aromatic rings. The van der Waals surface area contributed by atoms with Crippen LogP contribution >= 0.6 is 11.8 Å². The Balaban J connectivity index is 1.92.